The molecule has 0 saturated carbocycles. The first-order chi connectivity index (χ1) is 13.8. The van der Waals surface area contributed by atoms with Gasteiger partial charge in [-0.3, -0.25) is 4.79 Å². The van der Waals surface area contributed by atoms with Gasteiger partial charge in [0.25, 0.3) is 11.5 Å². The summed E-state index contributed by atoms with van der Waals surface area (Å²) in [5.74, 6) is -5.03. The van der Waals surface area contributed by atoms with Crippen molar-refractivity contribution < 1.29 is 19.0 Å². The Kier molecular flexibility index (Phi) is 4.62. The summed E-state index contributed by atoms with van der Waals surface area (Å²) in [6.45, 7) is 0. The molecule has 0 aliphatic rings. The third-order valence-corrected chi connectivity index (χ3v) is 4.65. The van der Waals surface area contributed by atoms with E-state index in [4.69, 9.17) is 11.6 Å². The van der Waals surface area contributed by atoms with Gasteiger partial charge in [0.1, 0.15) is 5.69 Å². The maximum Gasteiger partial charge on any atom is 0.297 e. The molecule has 4 rings (SSSR count). The number of nitrogens with zero attached hydrogens (tertiary/aromatic N) is 3. The molecule has 146 valence electrons. The molecule has 0 amide bonds. The number of rotatable bonds is 3. The standard InChI is InChI=1S/C20H12ClF2N3O3/c21-12-7-5-11(6-8-12)20(28,29)26-19(27)14-4-2-1-3-13(14)17(25-26)15-9-10-16(22)24-18(15)23/h1-10,28-29H. The molecule has 0 spiro atoms. The fourth-order valence-corrected chi connectivity index (χ4v) is 3.11. The van der Waals surface area contributed by atoms with Gasteiger partial charge in [-0.15, -0.1) is 0 Å². The topological polar surface area (TPSA) is 88.2 Å². The Balaban J connectivity index is 2.05. The first-order valence-electron chi connectivity index (χ1n) is 8.35. The highest BCUT2D eigenvalue weighted by Gasteiger charge is 2.33. The minimum absolute atomic E-state index is 0.0580. The van der Waals surface area contributed by atoms with E-state index in [1.165, 1.54) is 36.4 Å². The maximum atomic E-state index is 14.3. The Morgan fingerprint density at radius 1 is 0.931 bits per heavy atom. The predicted octanol–water partition coefficient (Wildman–Crippen LogP) is 3.03. The molecule has 4 aromatic rings. The van der Waals surface area contributed by atoms with Crippen molar-refractivity contribution in [3.8, 4) is 11.3 Å². The monoisotopic (exact) mass is 415 g/mol. The Labute approximate surface area is 167 Å². The number of aromatic nitrogens is 3. The molecule has 9 heteroatoms. The smallest absolute Gasteiger partial charge is 0.297 e. The number of hydrogen-bond donors (Lipinski definition) is 2. The molecular weight excluding hydrogens is 404 g/mol. The van der Waals surface area contributed by atoms with Gasteiger partial charge in [0, 0.05) is 16.0 Å². The third-order valence-electron chi connectivity index (χ3n) is 4.40. The summed E-state index contributed by atoms with van der Waals surface area (Å²) in [6, 6.07) is 13.6. The summed E-state index contributed by atoms with van der Waals surface area (Å²) in [4.78, 5) is 16.1. The maximum absolute atomic E-state index is 14.3. The number of aliphatic hydroxyl groups is 2. The first kappa shape index (κ1) is 19.1. The summed E-state index contributed by atoms with van der Waals surface area (Å²) in [6.07, 6.45) is 0. The zero-order chi connectivity index (χ0) is 20.8. The van der Waals surface area contributed by atoms with Crippen LogP contribution < -0.4 is 5.56 Å². The fraction of sp³-hybridized carbons (Fsp3) is 0.0500. The molecule has 2 heterocycles. The Morgan fingerprint density at radius 3 is 2.24 bits per heavy atom. The van der Waals surface area contributed by atoms with Crippen LogP contribution in [0.2, 0.25) is 5.02 Å². The molecule has 2 aromatic carbocycles. The summed E-state index contributed by atoms with van der Waals surface area (Å²) in [5, 5.41) is 26.1. The normalized spacial score (nSPS) is 11.8. The van der Waals surface area contributed by atoms with Gasteiger partial charge in [0.15, 0.2) is 0 Å². The SMILES string of the molecule is O=c1c2ccccc2c(-c2ccc(F)nc2F)nn1C(O)(O)c1ccc(Cl)cc1. The summed E-state index contributed by atoms with van der Waals surface area (Å²) >= 11 is 5.83. The van der Waals surface area contributed by atoms with E-state index in [-0.39, 0.29) is 27.6 Å². The van der Waals surface area contributed by atoms with Crippen molar-refractivity contribution in [2.75, 3.05) is 0 Å². The van der Waals surface area contributed by atoms with Crippen LogP contribution in [-0.2, 0) is 5.91 Å². The minimum Gasteiger partial charge on any atom is -0.344 e. The minimum atomic E-state index is -2.86. The highest BCUT2D eigenvalue weighted by Crippen LogP contribution is 2.28. The van der Waals surface area contributed by atoms with E-state index in [2.05, 4.69) is 10.1 Å². The van der Waals surface area contributed by atoms with Crippen LogP contribution in [0, 0.1) is 11.9 Å². The predicted molar refractivity (Wildman–Crippen MR) is 102 cm³/mol. The van der Waals surface area contributed by atoms with E-state index in [1.54, 1.807) is 12.1 Å². The molecule has 0 aliphatic carbocycles. The van der Waals surface area contributed by atoms with Gasteiger partial charge in [-0.1, -0.05) is 41.9 Å². The highest BCUT2D eigenvalue weighted by molar-refractivity contribution is 6.30. The van der Waals surface area contributed by atoms with Gasteiger partial charge in [-0.2, -0.15) is 23.5 Å². The van der Waals surface area contributed by atoms with E-state index in [9.17, 15) is 23.8 Å². The second kappa shape index (κ2) is 7.00. The van der Waals surface area contributed by atoms with Crippen LogP contribution in [0.25, 0.3) is 22.0 Å². The van der Waals surface area contributed by atoms with Crippen molar-refractivity contribution in [2.24, 2.45) is 0 Å². The molecule has 0 radical (unpaired) electrons. The van der Waals surface area contributed by atoms with Crippen LogP contribution in [0.3, 0.4) is 0 Å². The molecule has 0 saturated heterocycles. The van der Waals surface area contributed by atoms with Crippen LogP contribution in [0.1, 0.15) is 5.56 Å². The van der Waals surface area contributed by atoms with Crippen LogP contribution in [0.4, 0.5) is 8.78 Å². The Morgan fingerprint density at radius 2 is 1.59 bits per heavy atom. The lowest BCUT2D eigenvalue weighted by molar-refractivity contribution is -0.202. The molecule has 6 nitrogen and oxygen atoms in total. The van der Waals surface area contributed by atoms with Gasteiger partial charge in [0.2, 0.25) is 11.9 Å². The van der Waals surface area contributed by atoms with Gasteiger partial charge in [-0.05, 0) is 30.3 Å². The highest BCUT2D eigenvalue weighted by atomic mass is 35.5. The number of benzene rings is 2. The number of pyridine rings is 1. The summed E-state index contributed by atoms with van der Waals surface area (Å²) in [5.41, 5.74) is -1.22. The van der Waals surface area contributed by atoms with Crippen molar-refractivity contribution in [2.45, 2.75) is 5.91 Å². The average Bonchev–Trinajstić information content (AvgIpc) is 2.69. The van der Waals surface area contributed by atoms with Crippen LogP contribution in [-0.4, -0.2) is 25.0 Å². The van der Waals surface area contributed by atoms with Crippen molar-refractivity contribution in [3.63, 3.8) is 0 Å². The van der Waals surface area contributed by atoms with E-state index in [0.29, 0.717) is 9.70 Å². The Bertz CT molecular complexity index is 1290. The lowest BCUT2D eigenvalue weighted by atomic mass is 10.1. The quantitative estimate of drug-likeness (QED) is 0.396. The van der Waals surface area contributed by atoms with Crippen LogP contribution >= 0.6 is 11.6 Å². The zero-order valence-corrected chi connectivity index (χ0v) is 15.3. The molecule has 0 bridgehead atoms. The van der Waals surface area contributed by atoms with Gasteiger partial charge in [-0.25, -0.2) is 0 Å². The number of hydrogen-bond acceptors (Lipinski definition) is 5. The van der Waals surface area contributed by atoms with Crippen molar-refractivity contribution in [1.82, 2.24) is 14.8 Å². The lowest BCUT2D eigenvalue weighted by Gasteiger charge is -2.24. The first-order valence-corrected chi connectivity index (χ1v) is 8.72. The second-order valence-electron chi connectivity index (χ2n) is 6.23. The third kappa shape index (κ3) is 3.27. The Hall–Kier alpha value is -3.20. The summed E-state index contributed by atoms with van der Waals surface area (Å²) in [7, 11) is 0. The van der Waals surface area contributed by atoms with E-state index in [1.807, 2.05) is 0 Å². The summed E-state index contributed by atoms with van der Waals surface area (Å²) < 4.78 is 28.0. The van der Waals surface area contributed by atoms with E-state index < -0.39 is 23.4 Å². The zero-order valence-electron chi connectivity index (χ0n) is 14.6. The largest absolute Gasteiger partial charge is 0.344 e. The van der Waals surface area contributed by atoms with Crippen LogP contribution in [0.15, 0.2) is 65.5 Å². The molecule has 0 unspecified atom stereocenters. The number of halogens is 3. The fourth-order valence-electron chi connectivity index (χ4n) is 2.98. The molecule has 0 atom stereocenters. The van der Waals surface area contributed by atoms with E-state index >= 15 is 0 Å². The van der Waals surface area contributed by atoms with E-state index in [0.717, 1.165) is 12.1 Å². The van der Waals surface area contributed by atoms with Gasteiger partial charge >= 0.3 is 0 Å². The molecule has 2 N–H and O–H groups in total. The molecule has 29 heavy (non-hydrogen) atoms. The van der Waals surface area contributed by atoms with Crippen molar-refractivity contribution >= 4 is 22.4 Å². The molecular formula is C20H12ClF2N3O3. The van der Waals surface area contributed by atoms with Crippen molar-refractivity contribution in [3.05, 3.63) is 93.5 Å². The molecule has 0 fully saturated rings. The molecule has 2 aromatic heterocycles. The lowest BCUT2D eigenvalue weighted by Crippen LogP contribution is -2.44. The molecule has 0 aliphatic heterocycles. The van der Waals surface area contributed by atoms with Gasteiger partial charge in [0.05, 0.1) is 10.9 Å². The second-order valence-corrected chi connectivity index (χ2v) is 6.66. The number of fused-ring (bicyclic) bond motifs is 1. The average molecular weight is 416 g/mol. The van der Waals surface area contributed by atoms with Crippen molar-refractivity contribution in [1.29, 1.82) is 0 Å². The van der Waals surface area contributed by atoms with Crippen LogP contribution in [0.5, 0.6) is 0 Å². The van der Waals surface area contributed by atoms with Gasteiger partial charge < -0.3 is 10.2 Å².